The third kappa shape index (κ3) is 5.40. The lowest BCUT2D eigenvalue weighted by molar-refractivity contribution is -0.121. The van der Waals surface area contributed by atoms with Gasteiger partial charge in [-0.15, -0.1) is 0 Å². The largest absolute Gasteiger partial charge is 0.353 e. The van der Waals surface area contributed by atoms with Crippen molar-refractivity contribution >= 4 is 29.1 Å². The first kappa shape index (κ1) is 14.1. The summed E-state index contributed by atoms with van der Waals surface area (Å²) in [5, 5.41) is 2.81. The number of rotatable bonds is 0. The summed E-state index contributed by atoms with van der Waals surface area (Å²) in [6, 6.07) is 0. The van der Waals surface area contributed by atoms with Crippen molar-refractivity contribution in [2.45, 2.75) is 62.1 Å². The predicted molar refractivity (Wildman–Crippen MR) is 69.0 cm³/mol. The molecule has 0 saturated carbocycles. The predicted octanol–water partition coefficient (Wildman–Crippen LogP) is 3.80. The molecular formula is C12H21Cl2NO. The second-order valence-electron chi connectivity index (χ2n) is 4.54. The molecule has 1 aliphatic heterocycles. The molecule has 1 fully saturated rings. The van der Waals surface area contributed by atoms with Gasteiger partial charge in [-0.05, 0) is 19.3 Å². The van der Waals surface area contributed by atoms with Crippen LogP contribution in [0.2, 0.25) is 0 Å². The normalized spacial score (nSPS) is 24.8. The Morgan fingerprint density at radius 1 is 0.875 bits per heavy atom. The molecule has 0 aromatic carbocycles. The zero-order valence-corrected chi connectivity index (χ0v) is 11.2. The molecular weight excluding hydrogens is 245 g/mol. The number of carbonyl (C=O) groups excluding carboxylic acids is 1. The first-order valence-electron chi connectivity index (χ1n) is 6.29. The third-order valence-corrected chi connectivity index (χ3v) is 3.76. The van der Waals surface area contributed by atoms with E-state index in [1.807, 2.05) is 0 Å². The summed E-state index contributed by atoms with van der Waals surface area (Å²) in [7, 11) is 0. The highest BCUT2D eigenvalue weighted by Crippen LogP contribution is 2.28. The Morgan fingerprint density at radius 3 is 2.00 bits per heavy atom. The molecule has 0 radical (unpaired) electrons. The van der Waals surface area contributed by atoms with Crippen molar-refractivity contribution in [2.75, 3.05) is 6.54 Å². The van der Waals surface area contributed by atoms with Crippen LogP contribution >= 0.6 is 23.2 Å². The first-order chi connectivity index (χ1) is 7.63. The number of carbonyl (C=O) groups is 1. The van der Waals surface area contributed by atoms with Crippen LogP contribution in [0, 0.1) is 0 Å². The van der Waals surface area contributed by atoms with Crippen LogP contribution in [0.25, 0.3) is 0 Å². The molecule has 0 spiro atoms. The molecule has 0 atom stereocenters. The Kier molecular flexibility index (Phi) is 6.52. The Labute approximate surface area is 108 Å². The van der Waals surface area contributed by atoms with Gasteiger partial charge in [0.15, 0.2) is 4.33 Å². The molecule has 0 unspecified atom stereocenters. The van der Waals surface area contributed by atoms with E-state index in [9.17, 15) is 4.79 Å². The van der Waals surface area contributed by atoms with Crippen molar-refractivity contribution in [2.24, 2.45) is 0 Å². The summed E-state index contributed by atoms with van der Waals surface area (Å²) in [4.78, 5) is 11.7. The van der Waals surface area contributed by atoms with Gasteiger partial charge >= 0.3 is 0 Å². The summed E-state index contributed by atoms with van der Waals surface area (Å²) >= 11 is 12.0. The molecule has 1 N–H and O–H groups in total. The minimum Gasteiger partial charge on any atom is -0.353 e. The Morgan fingerprint density at radius 2 is 1.38 bits per heavy atom. The van der Waals surface area contributed by atoms with Crippen molar-refractivity contribution < 1.29 is 4.79 Å². The summed E-state index contributed by atoms with van der Waals surface area (Å²) in [6.45, 7) is 0.694. The lowest BCUT2D eigenvalue weighted by Crippen LogP contribution is -2.38. The summed E-state index contributed by atoms with van der Waals surface area (Å²) in [6.07, 6.45) is 9.90. The molecule has 1 aliphatic rings. The van der Waals surface area contributed by atoms with Gasteiger partial charge in [0, 0.05) is 6.54 Å². The van der Waals surface area contributed by atoms with E-state index in [1.165, 1.54) is 32.1 Å². The van der Waals surface area contributed by atoms with E-state index < -0.39 is 4.33 Å². The van der Waals surface area contributed by atoms with Crippen molar-refractivity contribution in [3.63, 3.8) is 0 Å². The number of alkyl halides is 2. The maximum atomic E-state index is 11.7. The lowest BCUT2D eigenvalue weighted by Gasteiger charge is -2.18. The molecule has 16 heavy (non-hydrogen) atoms. The van der Waals surface area contributed by atoms with Crippen LogP contribution in [-0.2, 0) is 4.79 Å². The van der Waals surface area contributed by atoms with Gasteiger partial charge in [0.1, 0.15) is 0 Å². The average molecular weight is 266 g/mol. The van der Waals surface area contributed by atoms with Gasteiger partial charge < -0.3 is 5.32 Å². The minimum absolute atomic E-state index is 0.227. The van der Waals surface area contributed by atoms with Crippen molar-refractivity contribution in [3.8, 4) is 0 Å². The number of hydrogen-bond donors (Lipinski definition) is 1. The van der Waals surface area contributed by atoms with E-state index >= 15 is 0 Å². The summed E-state index contributed by atoms with van der Waals surface area (Å²) < 4.78 is -1.23. The van der Waals surface area contributed by atoms with Gasteiger partial charge in [-0.3, -0.25) is 4.79 Å². The van der Waals surface area contributed by atoms with Crippen molar-refractivity contribution in [1.29, 1.82) is 0 Å². The molecule has 0 aromatic rings. The number of nitrogens with one attached hydrogen (secondary N) is 1. The molecule has 94 valence electrons. The van der Waals surface area contributed by atoms with E-state index in [-0.39, 0.29) is 5.91 Å². The van der Waals surface area contributed by atoms with E-state index in [0.717, 1.165) is 19.3 Å². The van der Waals surface area contributed by atoms with Crippen LogP contribution in [-0.4, -0.2) is 16.8 Å². The number of halogens is 2. The molecule has 1 amide bonds. The molecule has 4 heteroatoms. The quantitative estimate of drug-likeness (QED) is 0.664. The Bertz CT molecular complexity index is 219. The van der Waals surface area contributed by atoms with E-state index in [2.05, 4.69) is 5.32 Å². The molecule has 0 bridgehead atoms. The highest BCUT2D eigenvalue weighted by molar-refractivity contribution is 6.58. The maximum absolute atomic E-state index is 11.7. The standard InChI is InChI=1S/C12H21Cl2NO/c13-12(14)9-7-5-3-1-2-4-6-8-10-15-11(12)16/h1-10H2,(H,15,16). The monoisotopic (exact) mass is 265 g/mol. The topological polar surface area (TPSA) is 29.1 Å². The molecule has 1 heterocycles. The molecule has 2 nitrogen and oxygen atoms in total. The molecule has 1 saturated heterocycles. The van der Waals surface area contributed by atoms with Crippen LogP contribution in [0.4, 0.5) is 0 Å². The second kappa shape index (κ2) is 7.39. The zero-order chi connectivity index (χ0) is 11.9. The summed E-state index contributed by atoms with van der Waals surface area (Å²) in [5.74, 6) is -0.227. The molecule has 0 aliphatic carbocycles. The van der Waals surface area contributed by atoms with Crippen molar-refractivity contribution in [3.05, 3.63) is 0 Å². The fourth-order valence-electron chi connectivity index (χ4n) is 1.98. The van der Waals surface area contributed by atoms with Gasteiger partial charge in [0.05, 0.1) is 0 Å². The van der Waals surface area contributed by atoms with E-state index in [0.29, 0.717) is 13.0 Å². The van der Waals surface area contributed by atoms with Gasteiger partial charge in [0.2, 0.25) is 0 Å². The lowest BCUT2D eigenvalue weighted by atomic mass is 10.1. The van der Waals surface area contributed by atoms with Crippen LogP contribution in [0.5, 0.6) is 0 Å². The summed E-state index contributed by atoms with van der Waals surface area (Å²) in [5.41, 5.74) is 0. The average Bonchev–Trinajstić information content (AvgIpc) is 2.25. The van der Waals surface area contributed by atoms with Crippen LogP contribution < -0.4 is 5.32 Å². The van der Waals surface area contributed by atoms with Crippen LogP contribution in [0.3, 0.4) is 0 Å². The Hall–Kier alpha value is 0.0500. The fraction of sp³-hybridized carbons (Fsp3) is 0.917. The number of amides is 1. The second-order valence-corrected chi connectivity index (χ2v) is 6.02. The van der Waals surface area contributed by atoms with Gasteiger partial charge in [-0.25, -0.2) is 0 Å². The van der Waals surface area contributed by atoms with Crippen LogP contribution in [0.15, 0.2) is 0 Å². The molecule has 0 aromatic heterocycles. The highest BCUT2D eigenvalue weighted by atomic mass is 35.5. The Balaban J connectivity index is 2.41. The highest BCUT2D eigenvalue weighted by Gasteiger charge is 2.32. The fourth-order valence-corrected chi connectivity index (χ4v) is 2.38. The van der Waals surface area contributed by atoms with Crippen molar-refractivity contribution in [1.82, 2.24) is 5.32 Å². The zero-order valence-electron chi connectivity index (χ0n) is 9.74. The maximum Gasteiger partial charge on any atom is 0.256 e. The molecule has 1 rings (SSSR count). The third-order valence-electron chi connectivity index (χ3n) is 3.04. The van der Waals surface area contributed by atoms with Crippen LogP contribution in [0.1, 0.15) is 57.8 Å². The first-order valence-corrected chi connectivity index (χ1v) is 7.05. The minimum atomic E-state index is -1.23. The van der Waals surface area contributed by atoms with Gasteiger partial charge in [-0.2, -0.15) is 0 Å². The smallest absolute Gasteiger partial charge is 0.256 e. The van der Waals surface area contributed by atoms with Gasteiger partial charge in [0.25, 0.3) is 5.91 Å². The number of hydrogen-bond acceptors (Lipinski definition) is 1. The van der Waals surface area contributed by atoms with Gasteiger partial charge in [-0.1, -0.05) is 61.7 Å². The SMILES string of the molecule is O=C1NCCCCCCCCCCC1(Cl)Cl. The van der Waals surface area contributed by atoms with E-state index in [4.69, 9.17) is 23.2 Å². The van der Waals surface area contributed by atoms with E-state index in [1.54, 1.807) is 0 Å².